The molecule has 1 fully saturated rings. The van der Waals surface area contributed by atoms with E-state index >= 15 is 0 Å². The summed E-state index contributed by atoms with van der Waals surface area (Å²) in [5.74, 6) is 0.638. The van der Waals surface area contributed by atoms with Crippen LogP contribution in [0, 0.1) is 0 Å². The highest BCUT2D eigenvalue weighted by atomic mass is 32.1. The van der Waals surface area contributed by atoms with E-state index in [2.05, 4.69) is 15.3 Å². The Kier molecular flexibility index (Phi) is 5.12. The summed E-state index contributed by atoms with van der Waals surface area (Å²) in [7, 11) is 0. The fourth-order valence-corrected chi connectivity index (χ4v) is 4.49. The van der Waals surface area contributed by atoms with Gasteiger partial charge in [0.15, 0.2) is 16.7 Å². The predicted octanol–water partition coefficient (Wildman–Crippen LogP) is 3.94. The molecular formula is C18H23N3O3S. The van der Waals surface area contributed by atoms with E-state index in [1.54, 1.807) is 11.3 Å². The standard InChI is InChI=1S/C18H23N3O3S/c22-16(14-11-24-17(19-14)12-7-9-23-10-8-12)21-18-20-13-5-3-1-2-4-6-15(13)25-18/h11-12H,1-10H2,(H,20,21,22). The van der Waals surface area contributed by atoms with Crippen LogP contribution in [0.3, 0.4) is 0 Å². The molecule has 2 aliphatic rings. The minimum absolute atomic E-state index is 0.245. The number of hydrogen-bond acceptors (Lipinski definition) is 6. The first kappa shape index (κ1) is 16.7. The van der Waals surface area contributed by atoms with Gasteiger partial charge in [-0.25, -0.2) is 9.97 Å². The first-order chi connectivity index (χ1) is 12.3. The summed E-state index contributed by atoms with van der Waals surface area (Å²) in [5.41, 5.74) is 1.48. The molecule has 1 saturated heterocycles. The van der Waals surface area contributed by atoms with Gasteiger partial charge in [0.05, 0.1) is 5.69 Å². The van der Waals surface area contributed by atoms with Crippen LogP contribution in [0.2, 0.25) is 0 Å². The Bertz CT molecular complexity index is 708. The van der Waals surface area contributed by atoms with E-state index in [0.717, 1.165) is 44.6 Å². The molecule has 6 nitrogen and oxygen atoms in total. The lowest BCUT2D eigenvalue weighted by Gasteiger charge is -2.18. The molecule has 1 aliphatic heterocycles. The number of hydrogen-bond donors (Lipinski definition) is 1. The predicted molar refractivity (Wildman–Crippen MR) is 95.2 cm³/mol. The number of nitrogens with one attached hydrogen (secondary N) is 1. The SMILES string of the molecule is O=C(Nc1nc2c(s1)CCCCCC2)c1coc(C2CCOCC2)n1. The Balaban J connectivity index is 1.43. The molecule has 2 aromatic heterocycles. The average Bonchev–Trinajstić information content (AvgIpc) is 3.23. The number of amides is 1. The van der Waals surface area contributed by atoms with Crippen LogP contribution in [-0.4, -0.2) is 29.1 Å². The molecule has 1 amide bonds. The molecule has 0 spiro atoms. The van der Waals surface area contributed by atoms with Crippen LogP contribution >= 0.6 is 11.3 Å². The molecule has 1 aliphatic carbocycles. The highest BCUT2D eigenvalue weighted by Crippen LogP contribution is 2.29. The number of anilines is 1. The monoisotopic (exact) mass is 361 g/mol. The van der Waals surface area contributed by atoms with Crippen molar-refractivity contribution in [2.75, 3.05) is 18.5 Å². The first-order valence-electron chi connectivity index (χ1n) is 9.12. The Morgan fingerprint density at radius 3 is 2.76 bits per heavy atom. The zero-order valence-electron chi connectivity index (χ0n) is 14.3. The number of aromatic nitrogens is 2. The van der Waals surface area contributed by atoms with Gasteiger partial charge < -0.3 is 9.15 Å². The quantitative estimate of drug-likeness (QED) is 0.896. The van der Waals surface area contributed by atoms with E-state index in [1.165, 1.54) is 36.8 Å². The average molecular weight is 361 g/mol. The summed E-state index contributed by atoms with van der Waals surface area (Å²) < 4.78 is 10.9. The zero-order chi connectivity index (χ0) is 17.1. The number of nitrogens with zero attached hydrogens (tertiary/aromatic N) is 2. The van der Waals surface area contributed by atoms with Crippen LogP contribution in [0.5, 0.6) is 0 Å². The third kappa shape index (κ3) is 3.93. The van der Waals surface area contributed by atoms with Crippen molar-refractivity contribution in [2.45, 2.75) is 57.3 Å². The van der Waals surface area contributed by atoms with Crippen LogP contribution in [-0.2, 0) is 17.6 Å². The van der Waals surface area contributed by atoms with Crippen molar-refractivity contribution in [1.29, 1.82) is 0 Å². The molecule has 3 heterocycles. The van der Waals surface area contributed by atoms with Crippen LogP contribution in [0.25, 0.3) is 0 Å². The number of carbonyl (C=O) groups excluding carboxylic acids is 1. The third-order valence-corrected chi connectivity index (χ3v) is 5.96. The van der Waals surface area contributed by atoms with Gasteiger partial charge in [-0.15, -0.1) is 11.3 Å². The van der Waals surface area contributed by atoms with Gasteiger partial charge in [0, 0.05) is 24.0 Å². The van der Waals surface area contributed by atoms with Gasteiger partial charge in [0.1, 0.15) is 6.26 Å². The lowest BCUT2D eigenvalue weighted by Crippen LogP contribution is -2.15. The molecule has 25 heavy (non-hydrogen) atoms. The normalized spacial score (nSPS) is 19.0. The molecule has 0 saturated carbocycles. The molecule has 134 valence electrons. The number of carbonyl (C=O) groups is 1. The molecule has 7 heteroatoms. The van der Waals surface area contributed by atoms with Crippen molar-refractivity contribution in [3.05, 3.63) is 28.4 Å². The van der Waals surface area contributed by atoms with Gasteiger partial charge in [-0.05, 0) is 38.5 Å². The fraction of sp³-hybridized carbons (Fsp3) is 0.611. The Morgan fingerprint density at radius 2 is 1.92 bits per heavy atom. The highest BCUT2D eigenvalue weighted by molar-refractivity contribution is 7.15. The van der Waals surface area contributed by atoms with E-state index < -0.39 is 0 Å². The molecule has 4 rings (SSSR count). The summed E-state index contributed by atoms with van der Waals surface area (Å²) >= 11 is 1.60. The topological polar surface area (TPSA) is 77.2 Å². The van der Waals surface area contributed by atoms with E-state index in [1.807, 2.05) is 0 Å². The van der Waals surface area contributed by atoms with Gasteiger partial charge in [0.25, 0.3) is 5.91 Å². The number of fused-ring (bicyclic) bond motifs is 1. The van der Waals surface area contributed by atoms with E-state index in [0.29, 0.717) is 16.7 Å². The summed E-state index contributed by atoms with van der Waals surface area (Å²) in [6.45, 7) is 1.44. The lowest BCUT2D eigenvalue weighted by molar-refractivity contribution is 0.0794. The Labute approximate surface area is 151 Å². The Morgan fingerprint density at radius 1 is 1.12 bits per heavy atom. The smallest absolute Gasteiger partial charge is 0.279 e. The van der Waals surface area contributed by atoms with Gasteiger partial charge in [-0.3, -0.25) is 10.1 Å². The maximum Gasteiger partial charge on any atom is 0.279 e. The van der Waals surface area contributed by atoms with Gasteiger partial charge >= 0.3 is 0 Å². The molecule has 1 N–H and O–H groups in total. The minimum Gasteiger partial charge on any atom is -0.448 e. The van der Waals surface area contributed by atoms with Crippen molar-refractivity contribution >= 4 is 22.4 Å². The number of aryl methyl sites for hydroxylation is 2. The molecule has 0 atom stereocenters. The maximum absolute atomic E-state index is 12.5. The number of ether oxygens (including phenoxy) is 1. The van der Waals surface area contributed by atoms with E-state index in [-0.39, 0.29) is 11.8 Å². The third-order valence-electron chi connectivity index (χ3n) is 4.89. The van der Waals surface area contributed by atoms with Crippen LogP contribution in [0.4, 0.5) is 5.13 Å². The van der Waals surface area contributed by atoms with Crippen LogP contribution in [0.15, 0.2) is 10.7 Å². The van der Waals surface area contributed by atoms with Crippen molar-refractivity contribution in [3.8, 4) is 0 Å². The van der Waals surface area contributed by atoms with Crippen molar-refractivity contribution in [3.63, 3.8) is 0 Å². The second kappa shape index (κ2) is 7.66. The van der Waals surface area contributed by atoms with Gasteiger partial charge in [-0.1, -0.05) is 12.8 Å². The second-order valence-corrected chi connectivity index (χ2v) is 7.80. The number of rotatable bonds is 3. The molecule has 0 radical (unpaired) electrons. The number of oxazole rings is 1. The Hall–Kier alpha value is -1.73. The van der Waals surface area contributed by atoms with Crippen LogP contribution in [0.1, 0.15) is 71.4 Å². The molecule has 2 aromatic rings. The minimum atomic E-state index is -0.246. The maximum atomic E-state index is 12.5. The van der Waals surface area contributed by atoms with E-state index in [4.69, 9.17) is 9.15 Å². The lowest BCUT2D eigenvalue weighted by atomic mass is 10.0. The fourth-order valence-electron chi connectivity index (χ4n) is 3.44. The van der Waals surface area contributed by atoms with Crippen LogP contribution < -0.4 is 5.32 Å². The van der Waals surface area contributed by atoms with Crippen molar-refractivity contribution < 1.29 is 13.9 Å². The summed E-state index contributed by atoms with van der Waals surface area (Å²) in [4.78, 5) is 22.8. The second-order valence-electron chi connectivity index (χ2n) is 6.71. The first-order valence-corrected chi connectivity index (χ1v) is 9.94. The summed E-state index contributed by atoms with van der Waals surface area (Å²) in [6, 6.07) is 0. The molecule has 0 aromatic carbocycles. The number of thiazole rings is 1. The van der Waals surface area contributed by atoms with Crippen molar-refractivity contribution in [2.24, 2.45) is 0 Å². The van der Waals surface area contributed by atoms with E-state index in [9.17, 15) is 4.79 Å². The largest absolute Gasteiger partial charge is 0.448 e. The summed E-state index contributed by atoms with van der Waals surface area (Å²) in [5, 5.41) is 3.57. The van der Waals surface area contributed by atoms with Gasteiger partial charge in [0.2, 0.25) is 0 Å². The molecule has 0 unspecified atom stereocenters. The molecular weight excluding hydrogens is 338 g/mol. The molecule has 0 bridgehead atoms. The zero-order valence-corrected chi connectivity index (χ0v) is 15.1. The highest BCUT2D eigenvalue weighted by Gasteiger charge is 2.23. The van der Waals surface area contributed by atoms with Crippen molar-refractivity contribution in [1.82, 2.24) is 9.97 Å². The van der Waals surface area contributed by atoms with Gasteiger partial charge in [-0.2, -0.15) is 0 Å². The summed E-state index contributed by atoms with van der Waals surface area (Å²) in [6.07, 6.45) is 10.3.